The number of carbonyl (C=O) groups is 1. The largest absolute Gasteiger partial charge is 0.481 e. The summed E-state index contributed by atoms with van der Waals surface area (Å²) in [7, 11) is 0. The number of aliphatic imine (C=N–C) groups is 1. The number of carboxylic acid groups (broad SMARTS) is 1. The minimum absolute atomic E-state index is 0.138. The molecule has 0 aliphatic heterocycles. The highest BCUT2D eigenvalue weighted by Crippen LogP contribution is 2.28. The molecule has 18 heavy (non-hydrogen) atoms. The molecule has 0 aromatic carbocycles. The maximum atomic E-state index is 10.8. The number of hydrogen-bond acceptors (Lipinski definition) is 3. The molecule has 1 aliphatic carbocycles. The molecule has 0 unspecified atom stereocenters. The maximum Gasteiger partial charge on any atom is 0.306 e. The molecule has 1 N–H and O–H groups in total. The molecule has 0 amide bonds. The fourth-order valence-corrected chi connectivity index (χ4v) is 2.34. The van der Waals surface area contributed by atoms with Crippen LogP contribution in [0.3, 0.4) is 0 Å². The van der Waals surface area contributed by atoms with Crippen LogP contribution in [0.4, 0.5) is 0 Å². The molecule has 1 aromatic heterocycles. The van der Waals surface area contributed by atoms with Crippen molar-refractivity contribution in [1.29, 1.82) is 0 Å². The van der Waals surface area contributed by atoms with Crippen molar-refractivity contribution in [3.05, 3.63) is 30.1 Å². The van der Waals surface area contributed by atoms with Gasteiger partial charge in [-0.05, 0) is 43.7 Å². The first-order valence-electron chi connectivity index (χ1n) is 6.39. The van der Waals surface area contributed by atoms with Crippen LogP contribution in [-0.4, -0.2) is 28.8 Å². The summed E-state index contributed by atoms with van der Waals surface area (Å²) in [5, 5.41) is 8.91. The summed E-state index contributed by atoms with van der Waals surface area (Å²) in [6.07, 6.45) is 7.06. The van der Waals surface area contributed by atoms with Crippen molar-refractivity contribution in [2.75, 3.05) is 6.54 Å². The Balaban J connectivity index is 1.76. The number of hydrogen-bond donors (Lipinski definition) is 1. The lowest BCUT2D eigenvalue weighted by atomic mass is 9.82. The zero-order valence-corrected chi connectivity index (χ0v) is 10.3. The Hall–Kier alpha value is -1.71. The Kier molecular flexibility index (Phi) is 4.45. The highest BCUT2D eigenvalue weighted by atomic mass is 16.4. The van der Waals surface area contributed by atoms with Crippen molar-refractivity contribution >= 4 is 12.2 Å². The molecule has 0 radical (unpaired) electrons. The molecule has 1 aliphatic rings. The third-order valence-corrected chi connectivity index (χ3v) is 3.47. The van der Waals surface area contributed by atoms with Crippen molar-refractivity contribution in [3.8, 4) is 0 Å². The number of pyridine rings is 1. The van der Waals surface area contributed by atoms with Crippen LogP contribution in [0.25, 0.3) is 0 Å². The van der Waals surface area contributed by atoms with Gasteiger partial charge in [-0.25, -0.2) is 0 Å². The lowest BCUT2D eigenvalue weighted by molar-refractivity contribution is -0.143. The average Bonchev–Trinajstić information content (AvgIpc) is 2.40. The fourth-order valence-electron chi connectivity index (χ4n) is 2.34. The van der Waals surface area contributed by atoms with E-state index in [0.717, 1.165) is 37.9 Å². The average molecular weight is 246 g/mol. The van der Waals surface area contributed by atoms with Crippen LogP contribution >= 0.6 is 0 Å². The number of rotatable bonds is 4. The Labute approximate surface area is 107 Å². The van der Waals surface area contributed by atoms with E-state index in [1.54, 1.807) is 12.4 Å². The number of nitrogens with zero attached hydrogens (tertiary/aromatic N) is 2. The second-order valence-corrected chi connectivity index (χ2v) is 4.80. The molecule has 1 aromatic rings. The van der Waals surface area contributed by atoms with E-state index < -0.39 is 5.97 Å². The zero-order valence-electron chi connectivity index (χ0n) is 10.3. The van der Waals surface area contributed by atoms with Gasteiger partial charge in [-0.15, -0.1) is 0 Å². The van der Waals surface area contributed by atoms with Crippen LogP contribution in [0.2, 0.25) is 0 Å². The van der Waals surface area contributed by atoms with Crippen molar-refractivity contribution in [3.63, 3.8) is 0 Å². The van der Waals surface area contributed by atoms with Crippen LogP contribution < -0.4 is 0 Å². The number of aliphatic carboxylic acids is 1. The molecule has 1 fully saturated rings. The molecule has 0 saturated heterocycles. The van der Waals surface area contributed by atoms with E-state index in [9.17, 15) is 4.79 Å². The first-order valence-corrected chi connectivity index (χ1v) is 6.39. The predicted octanol–water partition coefficient (Wildman–Crippen LogP) is 2.39. The van der Waals surface area contributed by atoms with E-state index in [4.69, 9.17) is 5.11 Å². The van der Waals surface area contributed by atoms with E-state index in [0.29, 0.717) is 5.92 Å². The van der Waals surface area contributed by atoms with Gasteiger partial charge in [0.2, 0.25) is 0 Å². The van der Waals surface area contributed by atoms with Gasteiger partial charge in [-0.1, -0.05) is 6.07 Å². The SMILES string of the molecule is O=C(O)C1CCC(CN=Cc2ccccn2)CC1. The number of aromatic nitrogens is 1. The van der Waals surface area contributed by atoms with Gasteiger partial charge in [0.1, 0.15) is 0 Å². The normalized spacial score (nSPS) is 24.2. The molecule has 1 heterocycles. The molecule has 0 atom stereocenters. The first-order chi connectivity index (χ1) is 8.75. The van der Waals surface area contributed by atoms with E-state index >= 15 is 0 Å². The highest BCUT2D eigenvalue weighted by Gasteiger charge is 2.25. The van der Waals surface area contributed by atoms with Crippen molar-refractivity contribution in [2.45, 2.75) is 25.7 Å². The van der Waals surface area contributed by atoms with Gasteiger partial charge in [-0.2, -0.15) is 0 Å². The quantitative estimate of drug-likeness (QED) is 0.830. The van der Waals surface area contributed by atoms with Gasteiger partial charge in [0.15, 0.2) is 0 Å². The highest BCUT2D eigenvalue weighted by molar-refractivity contribution is 5.76. The van der Waals surface area contributed by atoms with E-state index in [1.807, 2.05) is 18.2 Å². The summed E-state index contributed by atoms with van der Waals surface area (Å²) in [6.45, 7) is 0.781. The third-order valence-electron chi connectivity index (χ3n) is 3.47. The van der Waals surface area contributed by atoms with E-state index in [-0.39, 0.29) is 5.92 Å². The summed E-state index contributed by atoms with van der Waals surface area (Å²) in [6, 6.07) is 5.74. The standard InChI is InChI=1S/C14H18N2O2/c17-14(18)12-6-4-11(5-7-12)9-15-10-13-3-1-2-8-16-13/h1-3,8,10-12H,4-7,9H2,(H,17,18). The third kappa shape index (κ3) is 3.65. The van der Waals surface area contributed by atoms with Crippen LogP contribution in [0.5, 0.6) is 0 Å². The lowest BCUT2D eigenvalue weighted by Crippen LogP contribution is -2.22. The van der Waals surface area contributed by atoms with Crippen LogP contribution in [0.15, 0.2) is 29.4 Å². The van der Waals surface area contributed by atoms with Gasteiger partial charge in [0.25, 0.3) is 0 Å². The van der Waals surface area contributed by atoms with Crippen LogP contribution in [-0.2, 0) is 4.79 Å². The van der Waals surface area contributed by atoms with Gasteiger partial charge >= 0.3 is 5.97 Å². The minimum Gasteiger partial charge on any atom is -0.481 e. The molecule has 2 rings (SSSR count). The summed E-state index contributed by atoms with van der Waals surface area (Å²) in [5.74, 6) is -0.257. The Morgan fingerprint density at radius 3 is 2.78 bits per heavy atom. The lowest BCUT2D eigenvalue weighted by Gasteiger charge is -2.24. The summed E-state index contributed by atoms with van der Waals surface area (Å²) in [5.41, 5.74) is 0.872. The molecule has 4 heteroatoms. The molecular weight excluding hydrogens is 228 g/mol. The second-order valence-electron chi connectivity index (χ2n) is 4.80. The first kappa shape index (κ1) is 12.7. The Bertz CT molecular complexity index is 409. The summed E-state index contributed by atoms with van der Waals surface area (Å²) < 4.78 is 0. The zero-order chi connectivity index (χ0) is 12.8. The minimum atomic E-state index is -0.648. The maximum absolute atomic E-state index is 10.8. The molecule has 0 bridgehead atoms. The fraction of sp³-hybridized carbons (Fsp3) is 0.500. The molecule has 0 spiro atoms. The molecular formula is C14H18N2O2. The smallest absolute Gasteiger partial charge is 0.306 e. The molecule has 1 saturated carbocycles. The van der Waals surface area contributed by atoms with Gasteiger partial charge < -0.3 is 5.11 Å². The summed E-state index contributed by atoms with van der Waals surface area (Å²) >= 11 is 0. The Morgan fingerprint density at radius 2 is 2.17 bits per heavy atom. The van der Waals surface area contributed by atoms with Crippen LogP contribution in [0, 0.1) is 11.8 Å². The molecule has 96 valence electrons. The number of carboxylic acids is 1. The van der Waals surface area contributed by atoms with Gasteiger partial charge in [-0.3, -0.25) is 14.8 Å². The summed E-state index contributed by atoms with van der Waals surface area (Å²) in [4.78, 5) is 19.4. The molecule has 4 nitrogen and oxygen atoms in total. The van der Waals surface area contributed by atoms with E-state index in [2.05, 4.69) is 9.98 Å². The monoisotopic (exact) mass is 246 g/mol. The van der Waals surface area contributed by atoms with Crippen molar-refractivity contribution in [2.24, 2.45) is 16.8 Å². The van der Waals surface area contributed by atoms with Gasteiger partial charge in [0.05, 0.1) is 11.6 Å². The van der Waals surface area contributed by atoms with Crippen molar-refractivity contribution in [1.82, 2.24) is 4.98 Å². The Morgan fingerprint density at radius 1 is 1.39 bits per heavy atom. The topological polar surface area (TPSA) is 62.5 Å². The van der Waals surface area contributed by atoms with E-state index in [1.165, 1.54) is 0 Å². The van der Waals surface area contributed by atoms with Crippen LogP contribution in [0.1, 0.15) is 31.4 Å². The second kappa shape index (κ2) is 6.28. The van der Waals surface area contributed by atoms with Crippen molar-refractivity contribution < 1.29 is 9.90 Å². The predicted molar refractivity (Wildman–Crippen MR) is 69.8 cm³/mol. The van der Waals surface area contributed by atoms with Gasteiger partial charge in [0, 0.05) is 19.0 Å².